The van der Waals surface area contributed by atoms with Crippen LogP contribution in [0.3, 0.4) is 0 Å². The predicted octanol–water partition coefficient (Wildman–Crippen LogP) is 1.62. The van der Waals surface area contributed by atoms with Gasteiger partial charge in [-0.1, -0.05) is 0 Å². The monoisotopic (exact) mass is 288 g/mol. The number of aryl methyl sites for hydroxylation is 1. The van der Waals surface area contributed by atoms with Gasteiger partial charge in [-0.15, -0.1) is 0 Å². The van der Waals surface area contributed by atoms with Crippen LogP contribution in [0.5, 0.6) is 5.88 Å². The molecule has 0 aromatic carbocycles. The Bertz CT molecular complexity index is 750. The first kappa shape index (κ1) is 14.8. The van der Waals surface area contributed by atoms with E-state index in [-0.39, 0.29) is 17.7 Å². The number of hydrogen-bond donors (Lipinski definition) is 1. The van der Waals surface area contributed by atoms with Gasteiger partial charge in [0.05, 0.1) is 19.2 Å². The average molecular weight is 288 g/mol. The third-order valence-electron chi connectivity index (χ3n) is 3.33. The fourth-order valence-corrected chi connectivity index (χ4v) is 2.28. The molecule has 0 aliphatic carbocycles. The molecule has 0 radical (unpaired) electrons. The van der Waals surface area contributed by atoms with Crippen molar-refractivity contribution in [3.63, 3.8) is 0 Å². The predicted molar refractivity (Wildman–Crippen MR) is 77.0 cm³/mol. The van der Waals surface area contributed by atoms with E-state index in [4.69, 9.17) is 4.74 Å². The molecule has 0 fully saturated rings. The Balaban J connectivity index is 2.51. The number of carboxylic acids is 1. The summed E-state index contributed by atoms with van der Waals surface area (Å²) in [7, 11) is 1.51. The Hall–Kier alpha value is -2.63. The molecule has 110 valence electrons. The highest BCUT2D eigenvalue weighted by molar-refractivity contribution is 5.90. The van der Waals surface area contributed by atoms with Crippen molar-refractivity contribution in [1.82, 2.24) is 9.55 Å². The molecule has 2 rings (SSSR count). The zero-order chi connectivity index (χ0) is 15.6. The third-order valence-corrected chi connectivity index (χ3v) is 3.33. The van der Waals surface area contributed by atoms with Crippen molar-refractivity contribution in [2.45, 2.75) is 20.4 Å². The maximum atomic E-state index is 12.1. The molecule has 2 aromatic heterocycles. The minimum Gasteiger partial charge on any atom is -0.481 e. The number of hydrogen-bond acceptors (Lipinski definition) is 4. The van der Waals surface area contributed by atoms with Crippen LogP contribution in [0.1, 0.15) is 27.2 Å². The fraction of sp³-hybridized carbons (Fsp3) is 0.267. The number of carboxylic acid groups (broad SMARTS) is 1. The van der Waals surface area contributed by atoms with Crippen LogP contribution in [0, 0.1) is 13.8 Å². The molecule has 0 aliphatic rings. The van der Waals surface area contributed by atoms with Crippen LogP contribution in [0.25, 0.3) is 0 Å². The van der Waals surface area contributed by atoms with Crippen molar-refractivity contribution in [3.8, 4) is 5.88 Å². The summed E-state index contributed by atoms with van der Waals surface area (Å²) in [6.07, 6.45) is 1.58. The summed E-state index contributed by atoms with van der Waals surface area (Å²) in [5, 5.41) is 9.26. The van der Waals surface area contributed by atoms with E-state index in [0.717, 1.165) is 5.56 Å². The van der Waals surface area contributed by atoms with Crippen molar-refractivity contribution in [1.29, 1.82) is 0 Å². The Kier molecular flexibility index (Phi) is 4.07. The first-order valence-corrected chi connectivity index (χ1v) is 6.37. The number of pyridine rings is 2. The lowest BCUT2D eigenvalue weighted by molar-refractivity contribution is 0.0694. The average Bonchev–Trinajstić information content (AvgIpc) is 2.43. The highest BCUT2D eigenvalue weighted by Gasteiger charge is 2.16. The summed E-state index contributed by atoms with van der Waals surface area (Å²) < 4.78 is 6.48. The molecule has 21 heavy (non-hydrogen) atoms. The van der Waals surface area contributed by atoms with Gasteiger partial charge in [-0.2, -0.15) is 0 Å². The summed E-state index contributed by atoms with van der Waals surface area (Å²) in [5.74, 6) is -0.588. The van der Waals surface area contributed by atoms with Crippen LogP contribution in [0.2, 0.25) is 0 Å². The fourth-order valence-electron chi connectivity index (χ4n) is 2.28. The first-order chi connectivity index (χ1) is 9.93. The standard InChI is InChI=1S/C15H16N2O4/c1-9-6-13(18)17(10(2)14(9)15(19)20)8-11-4-5-16-12(7-11)21-3/h4-7H,8H2,1-3H3,(H,19,20). The molecular weight excluding hydrogens is 272 g/mol. The van der Waals surface area contributed by atoms with Gasteiger partial charge in [0.25, 0.3) is 5.56 Å². The molecule has 6 nitrogen and oxygen atoms in total. The summed E-state index contributed by atoms with van der Waals surface area (Å²) in [4.78, 5) is 27.4. The maximum Gasteiger partial charge on any atom is 0.337 e. The largest absolute Gasteiger partial charge is 0.481 e. The van der Waals surface area contributed by atoms with E-state index in [2.05, 4.69) is 4.98 Å². The number of methoxy groups -OCH3 is 1. The zero-order valence-corrected chi connectivity index (χ0v) is 12.1. The van der Waals surface area contributed by atoms with Crippen molar-refractivity contribution in [2.24, 2.45) is 0 Å². The van der Waals surface area contributed by atoms with E-state index < -0.39 is 5.97 Å². The van der Waals surface area contributed by atoms with Gasteiger partial charge in [-0.05, 0) is 31.0 Å². The molecule has 0 spiro atoms. The Labute approximate surface area is 121 Å². The zero-order valence-electron chi connectivity index (χ0n) is 12.1. The Morgan fingerprint density at radius 3 is 2.71 bits per heavy atom. The first-order valence-electron chi connectivity index (χ1n) is 6.37. The van der Waals surface area contributed by atoms with Crippen LogP contribution in [0.15, 0.2) is 29.2 Å². The molecular formula is C15H16N2O4. The van der Waals surface area contributed by atoms with Crippen LogP contribution >= 0.6 is 0 Å². The summed E-state index contributed by atoms with van der Waals surface area (Å²) in [6.45, 7) is 3.53. The van der Waals surface area contributed by atoms with Gasteiger partial charge < -0.3 is 14.4 Å². The number of rotatable bonds is 4. The molecule has 1 N–H and O–H groups in total. The Morgan fingerprint density at radius 1 is 1.38 bits per heavy atom. The third kappa shape index (κ3) is 2.94. The van der Waals surface area contributed by atoms with E-state index in [9.17, 15) is 14.7 Å². The summed E-state index contributed by atoms with van der Waals surface area (Å²) in [5.41, 5.74) is 1.64. The second kappa shape index (κ2) is 5.78. The molecule has 0 amide bonds. The molecule has 2 aromatic rings. The van der Waals surface area contributed by atoms with Gasteiger partial charge >= 0.3 is 5.97 Å². The van der Waals surface area contributed by atoms with Gasteiger partial charge in [0.1, 0.15) is 0 Å². The SMILES string of the molecule is COc1cc(Cn2c(C)c(C(=O)O)c(C)cc2=O)ccn1. The van der Waals surface area contributed by atoms with Crippen molar-refractivity contribution in [3.05, 3.63) is 57.1 Å². The number of carbonyl (C=O) groups is 1. The van der Waals surface area contributed by atoms with Crippen molar-refractivity contribution < 1.29 is 14.6 Å². The van der Waals surface area contributed by atoms with Crippen LogP contribution in [0.4, 0.5) is 0 Å². The lowest BCUT2D eigenvalue weighted by Gasteiger charge is -2.14. The molecule has 0 saturated carbocycles. The minimum atomic E-state index is -1.04. The van der Waals surface area contributed by atoms with Crippen LogP contribution < -0.4 is 10.3 Å². The summed E-state index contributed by atoms with van der Waals surface area (Å²) in [6, 6.07) is 4.82. The van der Waals surface area contributed by atoms with Crippen LogP contribution in [-0.4, -0.2) is 27.7 Å². The number of nitrogens with zero attached hydrogens (tertiary/aromatic N) is 2. The molecule has 2 heterocycles. The molecule has 0 unspecified atom stereocenters. The van der Waals surface area contributed by atoms with Gasteiger partial charge in [0.2, 0.25) is 5.88 Å². The minimum absolute atomic E-state index is 0.163. The smallest absolute Gasteiger partial charge is 0.337 e. The topological polar surface area (TPSA) is 81.4 Å². The molecule has 0 atom stereocenters. The number of aromatic carboxylic acids is 1. The van der Waals surface area contributed by atoms with Gasteiger partial charge in [-0.25, -0.2) is 9.78 Å². The van der Waals surface area contributed by atoms with E-state index in [0.29, 0.717) is 17.1 Å². The summed E-state index contributed by atoms with van der Waals surface area (Å²) >= 11 is 0. The molecule has 0 saturated heterocycles. The van der Waals surface area contributed by atoms with E-state index in [1.54, 1.807) is 32.2 Å². The highest BCUT2D eigenvalue weighted by atomic mass is 16.5. The van der Waals surface area contributed by atoms with Crippen LogP contribution in [-0.2, 0) is 6.54 Å². The second-order valence-corrected chi connectivity index (χ2v) is 4.72. The van der Waals surface area contributed by atoms with Gasteiger partial charge in [0, 0.05) is 24.0 Å². The molecule has 6 heteroatoms. The van der Waals surface area contributed by atoms with E-state index in [1.165, 1.54) is 17.7 Å². The quantitative estimate of drug-likeness (QED) is 0.924. The van der Waals surface area contributed by atoms with Gasteiger partial charge in [0.15, 0.2) is 0 Å². The lowest BCUT2D eigenvalue weighted by Crippen LogP contribution is -2.26. The number of aromatic nitrogens is 2. The van der Waals surface area contributed by atoms with Gasteiger partial charge in [-0.3, -0.25) is 4.79 Å². The maximum absolute atomic E-state index is 12.1. The lowest BCUT2D eigenvalue weighted by atomic mass is 10.1. The Morgan fingerprint density at radius 2 is 2.10 bits per heavy atom. The van der Waals surface area contributed by atoms with E-state index >= 15 is 0 Å². The molecule has 0 bridgehead atoms. The molecule has 0 aliphatic heterocycles. The normalized spacial score (nSPS) is 10.4. The number of ether oxygens (including phenoxy) is 1. The van der Waals surface area contributed by atoms with Crippen molar-refractivity contribution in [2.75, 3.05) is 7.11 Å². The van der Waals surface area contributed by atoms with Crippen molar-refractivity contribution >= 4 is 5.97 Å². The van der Waals surface area contributed by atoms with E-state index in [1.807, 2.05) is 0 Å². The second-order valence-electron chi connectivity index (χ2n) is 4.72. The highest BCUT2D eigenvalue weighted by Crippen LogP contribution is 2.14.